The SMILES string of the molecule is COc1ccc(C(O)=C2C(=O)C(=O)N(CCCN(C)C)[C@@H]2c2ccncc2)c(O)c1. The van der Waals surface area contributed by atoms with Crippen LogP contribution in [0, 0.1) is 0 Å². The number of aromatic hydroxyl groups is 1. The molecular formula is C22H25N3O5. The number of nitrogens with zero attached hydrogens (tertiary/aromatic N) is 3. The predicted octanol–water partition coefficient (Wildman–Crippen LogP) is 2.17. The molecule has 30 heavy (non-hydrogen) atoms. The van der Waals surface area contributed by atoms with Crippen LogP contribution in [-0.4, -0.2) is 71.0 Å². The molecule has 1 atom stereocenters. The van der Waals surface area contributed by atoms with Crippen molar-refractivity contribution in [2.45, 2.75) is 12.5 Å². The highest BCUT2D eigenvalue weighted by molar-refractivity contribution is 6.46. The van der Waals surface area contributed by atoms with Crippen molar-refractivity contribution < 1.29 is 24.5 Å². The van der Waals surface area contributed by atoms with Crippen LogP contribution in [0.2, 0.25) is 0 Å². The third-order valence-electron chi connectivity index (χ3n) is 5.03. The molecule has 1 aliphatic rings. The molecule has 1 aromatic heterocycles. The average Bonchev–Trinajstić information content (AvgIpc) is 2.98. The zero-order valence-electron chi connectivity index (χ0n) is 17.2. The fraction of sp³-hybridized carbons (Fsp3) is 0.318. The van der Waals surface area contributed by atoms with Crippen molar-refractivity contribution in [2.24, 2.45) is 0 Å². The van der Waals surface area contributed by atoms with E-state index < -0.39 is 23.5 Å². The summed E-state index contributed by atoms with van der Waals surface area (Å²) < 4.78 is 5.07. The van der Waals surface area contributed by atoms with Gasteiger partial charge in [0.2, 0.25) is 0 Å². The second kappa shape index (κ2) is 8.96. The summed E-state index contributed by atoms with van der Waals surface area (Å²) >= 11 is 0. The Morgan fingerprint density at radius 3 is 2.50 bits per heavy atom. The molecule has 1 saturated heterocycles. The number of phenolic OH excluding ortho intramolecular Hbond substituents is 1. The van der Waals surface area contributed by atoms with Crippen LogP contribution >= 0.6 is 0 Å². The van der Waals surface area contributed by atoms with E-state index in [1.807, 2.05) is 19.0 Å². The topological polar surface area (TPSA) is 103 Å². The average molecular weight is 411 g/mol. The number of carbonyl (C=O) groups excluding carboxylic acids is 2. The Kier molecular flexibility index (Phi) is 6.37. The third kappa shape index (κ3) is 4.13. The largest absolute Gasteiger partial charge is 0.507 e. The molecule has 1 fully saturated rings. The lowest BCUT2D eigenvalue weighted by Gasteiger charge is -2.25. The van der Waals surface area contributed by atoms with Gasteiger partial charge in [0.1, 0.15) is 17.3 Å². The van der Waals surface area contributed by atoms with E-state index in [4.69, 9.17) is 4.74 Å². The van der Waals surface area contributed by atoms with Crippen LogP contribution in [0.4, 0.5) is 0 Å². The Balaban J connectivity index is 2.09. The second-order valence-electron chi connectivity index (χ2n) is 7.31. The van der Waals surface area contributed by atoms with Gasteiger partial charge in [-0.15, -0.1) is 0 Å². The lowest BCUT2D eigenvalue weighted by molar-refractivity contribution is -0.139. The number of amides is 1. The first kappa shape index (κ1) is 21.3. The number of aromatic nitrogens is 1. The van der Waals surface area contributed by atoms with Crippen molar-refractivity contribution in [1.29, 1.82) is 0 Å². The quantitative estimate of drug-likeness (QED) is 0.409. The molecule has 0 unspecified atom stereocenters. The fourth-order valence-corrected chi connectivity index (χ4v) is 3.54. The van der Waals surface area contributed by atoms with Gasteiger partial charge in [0.05, 0.1) is 24.3 Å². The monoisotopic (exact) mass is 411 g/mol. The van der Waals surface area contributed by atoms with Gasteiger partial charge in [-0.2, -0.15) is 0 Å². The van der Waals surface area contributed by atoms with E-state index in [0.717, 1.165) is 6.54 Å². The lowest BCUT2D eigenvalue weighted by atomic mass is 9.95. The number of methoxy groups -OCH3 is 1. The third-order valence-corrected chi connectivity index (χ3v) is 5.03. The zero-order chi connectivity index (χ0) is 21.8. The maximum atomic E-state index is 12.9. The number of phenols is 1. The molecule has 0 saturated carbocycles. The van der Waals surface area contributed by atoms with E-state index in [1.165, 1.54) is 24.1 Å². The highest BCUT2D eigenvalue weighted by atomic mass is 16.5. The Labute approximate surface area is 175 Å². The van der Waals surface area contributed by atoms with Gasteiger partial charge in [0.25, 0.3) is 11.7 Å². The molecule has 8 nitrogen and oxygen atoms in total. The minimum absolute atomic E-state index is 0.0566. The van der Waals surface area contributed by atoms with Crippen molar-refractivity contribution in [2.75, 3.05) is 34.3 Å². The number of hydrogen-bond acceptors (Lipinski definition) is 7. The van der Waals surface area contributed by atoms with Crippen LogP contribution in [0.1, 0.15) is 23.6 Å². The van der Waals surface area contributed by atoms with E-state index >= 15 is 0 Å². The summed E-state index contributed by atoms with van der Waals surface area (Å²) in [5.41, 5.74) is 0.654. The Bertz CT molecular complexity index is 972. The van der Waals surface area contributed by atoms with Crippen LogP contribution in [0.3, 0.4) is 0 Å². The number of carbonyl (C=O) groups is 2. The highest BCUT2D eigenvalue weighted by Gasteiger charge is 2.46. The van der Waals surface area contributed by atoms with Gasteiger partial charge in [-0.05, 0) is 56.9 Å². The molecule has 158 valence electrons. The van der Waals surface area contributed by atoms with Crippen molar-refractivity contribution in [1.82, 2.24) is 14.8 Å². The molecule has 0 aliphatic carbocycles. The van der Waals surface area contributed by atoms with E-state index in [1.54, 1.807) is 30.6 Å². The summed E-state index contributed by atoms with van der Waals surface area (Å²) in [7, 11) is 5.32. The van der Waals surface area contributed by atoms with E-state index in [0.29, 0.717) is 24.3 Å². The van der Waals surface area contributed by atoms with Crippen molar-refractivity contribution in [3.8, 4) is 11.5 Å². The predicted molar refractivity (Wildman–Crippen MR) is 111 cm³/mol. The maximum absolute atomic E-state index is 12.9. The molecular weight excluding hydrogens is 386 g/mol. The van der Waals surface area contributed by atoms with Gasteiger partial charge in [-0.1, -0.05) is 0 Å². The summed E-state index contributed by atoms with van der Waals surface area (Å²) in [6, 6.07) is 6.99. The first-order valence-electron chi connectivity index (χ1n) is 9.55. The van der Waals surface area contributed by atoms with Crippen molar-refractivity contribution in [3.05, 3.63) is 59.4 Å². The molecule has 2 heterocycles. The summed E-state index contributed by atoms with van der Waals surface area (Å²) in [5, 5.41) is 21.3. The van der Waals surface area contributed by atoms with Gasteiger partial charge >= 0.3 is 0 Å². The van der Waals surface area contributed by atoms with E-state index in [9.17, 15) is 19.8 Å². The van der Waals surface area contributed by atoms with Crippen LogP contribution in [0.25, 0.3) is 5.76 Å². The molecule has 2 aromatic rings. The van der Waals surface area contributed by atoms with Crippen LogP contribution in [0.5, 0.6) is 11.5 Å². The molecule has 0 spiro atoms. The molecule has 0 radical (unpaired) electrons. The minimum Gasteiger partial charge on any atom is -0.507 e. The molecule has 1 aliphatic heterocycles. The summed E-state index contributed by atoms with van der Waals surface area (Å²) in [6.45, 7) is 1.09. The zero-order valence-corrected chi connectivity index (χ0v) is 17.2. The summed E-state index contributed by atoms with van der Waals surface area (Å²) in [6.07, 6.45) is 3.80. The number of Topliss-reactive ketones (excluding diaryl/α,β-unsaturated/α-hetero) is 1. The Hall–Kier alpha value is -3.39. The van der Waals surface area contributed by atoms with E-state index in [-0.39, 0.29) is 16.9 Å². The van der Waals surface area contributed by atoms with Crippen LogP contribution < -0.4 is 4.74 Å². The number of likely N-dealkylation sites (tertiary alicyclic amines) is 1. The molecule has 1 amide bonds. The first-order valence-corrected chi connectivity index (χ1v) is 9.55. The molecule has 8 heteroatoms. The Morgan fingerprint density at radius 2 is 1.90 bits per heavy atom. The number of pyridine rings is 1. The van der Waals surface area contributed by atoms with Gasteiger partial charge in [-0.25, -0.2) is 0 Å². The van der Waals surface area contributed by atoms with Gasteiger partial charge < -0.3 is 24.7 Å². The van der Waals surface area contributed by atoms with Gasteiger partial charge in [-0.3, -0.25) is 14.6 Å². The molecule has 2 N–H and O–H groups in total. The van der Waals surface area contributed by atoms with Gasteiger partial charge in [0, 0.05) is 25.0 Å². The maximum Gasteiger partial charge on any atom is 0.295 e. The Morgan fingerprint density at radius 1 is 1.20 bits per heavy atom. The van der Waals surface area contributed by atoms with Gasteiger partial charge in [0.15, 0.2) is 0 Å². The standard InChI is InChI=1S/C22H25N3O5/c1-24(2)11-4-12-25-19(14-7-9-23-10-8-14)18(21(28)22(25)29)20(27)16-6-5-15(30-3)13-17(16)26/h5-10,13,19,26-27H,4,11-12H2,1-3H3/t19-/m1/s1. The second-order valence-corrected chi connectivity index (χ2v) is 7.31. The fourth-order valence-electron chi connectivity index (χ4n) is 3.54. The lowest BCUT2D eigenvalue weighted by Crippen LogP contribution is -2.32. The normalized spacial score (nSPS) is 18.3. The smallest absolute Gasteiger partial charge is 0.295 e. The molecule has 1 aromatic carbocycles. The number of aliphatic hydroxyl groups is 1. The number of aliphatic hydroxyl groups excluding tert-OH is 1. The number of ether oxygens (including phenoxy) is 1. The molecule has 3 rings (SSSR count). The minimum atomic E-state index is -0.783. The summed E-state index contributed by atoms with van der Waals surface area (Å²) in [5.74, 6) is -1.73. The number of ketones is 1. The number of benzene rings is 1. The van der Waals surface area contributed by atoms with Crippen LogP contribution in [-0.2, 0) is 9.59 Å². The molecule has 0 bridgehead atoms. The number of rotatable bonds is 7. The van der Waals surface area contributed by atoms with Crippen molar-refractivity contribution >= 4 is 17.4 Å². The highest BCUT2D eigenvalue weighted by Crippen LogP contribution is 2.41. The van der Waals surface area contributed by atoms with Crippen molar-refractivity contribution in [3.63, 3.8) is 0 Å². The van der Waals surface area contributed by atoms with Crippen LogP contribution in [0.15, 0.2) is 48.3 Å². The summed E-state index contributed by atoms with van der Waals surface area (Å²) in [4.78, 5) is 33.2. The first-order chi connectivity index (χ1) is 14.3. The number of hydrogen-bond donors (Lipinski definition) is 2. The van der Waals surface area contributed by atoms with E-state index in [2.05, 4.69) is 4.98 Å².